The average Bonchev–Trinajstić information content (AvgIpc) is 2.93. The maximum absolute atomic E-state index is 12.6. The number of amides is 1. The first-order valence-electron chi connectivity index (χ1n) is 12.5. The first-order valence-corrected chi connectivity index (χ1v) is 12.5. The number of nitrogens with one attached hydrogen (secondary N) is 1. The number of nitrogens with zero attached hydrogens (tertiary/aromatic N) is 4. The van der Waals surface area contributed by atoms with Crippen LogP contribution in [0.25, 0.3) is 10.9 Å². The van der Waals surface area contributed by atoms with Gasteiger partial charge >= 0.3 is 0 Å². The molecule has 1 aliphatic rings. The van der Waals surface area contributed by atoms with E-state index in [-0.39, 0.29) is 17.9 Å². The number of aromatic nitrogens is 2. The maximum atomic E-state index is 12.6. The lowest BCUT2D eigenvalue weighted by Crippen LogP contribution is -2.46. The van der Waals surface area contributed by atoms with Gasteiger partial charge in [-0.15, -0.1) is 0 Å². The lowest BCUT2D eigenvalue weighted by molar-refractivity contribution is -0.121. The minimum Gasteiger partial charge on any atom is -0.369 e. The third kappa shape index (κ3) is 5.63. The van der Waals surface area contributed by atoms with Gasteiger partial charge in [0.05, 0.1) is 17.2 Å². The third-order valence-corrected chi connectivity index (χ3v) is 6.79. The molecule has 0 spiro atoms. The Labute approximate surface area is 211 Å². The largest absolute Gasteiger partial charge is 0.369 e. The normalized spacial score (nSPS) is 14.2. The summed E-state index contributed by atoms with van der Waals surface area (Å²) in [6.45, 7) is 5.67. The molecule has 3 aromatic carbocycles. The zero-order chi connectivity index (χ0) is 24.7. The van der Waals surface area contributed by atoms with Crippen LogP contribution < -0.4 is 15.8 Å². The van der Waals surface area contributed by atoms with Gasteiger partial charge in [0.25, 0.3) is 5.56 Å². The van der Waals surface area contributed by atoms with Gasteiger partial charge in [0.1, 0.15) is 0 Å². The lowest BCUT2D eigenvalue weighted by Gasteiger charge is -2.36. The van der Waals surface area contributed by atoms with E-state index in [9.17, 15) is 9.59 Å². The molecule has 1 aromatic heterocycles. The zero-order valence-electron chi connectivity index (χ0n) is 20.3. The first kappa shape index (κ1) is 23.8. The lowest BCUT2D eigenvalue weighted by atomic mass is 10.1. The van der Waals surface area contributed by atoms with Gasteiger partial charge in [-0.3, -0.25) is 19.1 Å². The Kier molecular flexibility index (Phi) is 7.38. The molecule has 4 aromatic rings. The van der Waals surface area contributed by atoms with Crippen LogP contribution in [0.4, 0.5) is 5.69 Å². The average molecular weight is 482 g/mol. The Hall–Kier alpha value is -3.97. The summed E-state index contributed by atoms with van der Waals surface area (Å²) in [7, 11) is 0. The van der Waals surface area contributed by atoms with E-state index >= 15 is 0 Å². The molecule has 0 atom stereocenters. The van der Waals surface area contributed by atoms with Crippen LogP contribution in [-0.2, 0) is 24.4 Å². The molecule has 1 aliphatic heterocycles. The van der Waals surface area contributed by atoms with Crippen molar-refractivity contribution in [1.29, 1.82) is 0 Å². The fourth-order valence-corrected chi connectivity index (χ4v) is 4.70. The maximum Gasteiger partial charge on any atom is 0.261 e. The standard InChI is InChI=1S/C29H31N5O2/c35-28(14-15-34-22-31-27-13-7-6-12-26(27)29(34)36)30-20-23-8-4-5-9-24(23)21-32-16-18-33(19-17-32)25-10-2-1-3-11-25/h1-13,22H,14-21H2,(H,30,35). The molecule has 184 valence electrons. The number of para-hydroxylation sites is 2. The Morgan fingerprint density at radius 2 is 1.53 bits per heavy atom. The summed E-state index contributed by atoms with van der Waals surface area (Å²) in [5, 5.41) is 3.60. The number of aryl methyl sites for hydroxylation is 1. The fraction of sp³-hybridized carbons (Fsp3) is 0.276. The SMILES string of the molecule is O=C(CCn1cnc2ccccc2c1=O)NCc1ccccc1CN1CCN(c2ccccc2)CC1. The Morgan fingerprint density at radius 1 is 0.833 bits per heavy atom. The second kappa shape index (κ2) is 11.2. The van der Waals surface area contributed by atoms with Gasteiger partial charge in [-0.25, -0.2) is 4.98 Å². The molecule has 36 heavy (non-hydrogen) atoms. The van der Waals surface area contributed by atoms with Crippen molar-refractivity contribution >= 4 is 22.5 Å². The number of carbonyl (C=O) groups excluding carboxylic acids is 1. The third-order valence-electron chi connectivity index (χ3n) is 6.79. The Balaban J connectivity index is 1.13. The summed E-state index contributed by atoms with van der Waals surface area (Å²) in [6.07, 6.45) is 1.74. The highest BCUT2D eigenvalue weighted by atomic mass is 16.1. The van der Waals surface area contributed by atoms with Crippen LogP contribution in [0.3, 0.4) is 0 Å². The highest BCUT2D eigenvalue weighted by Gasteiger charge is 2.18. The number of carbonyl (C=O) groups is 1. The van der Waals surface area contributed by atoms with Gasteiger partial charge in [-0.05, 0) is 35.4 Å². The number of fused-ring (bicyclic) bond motifs is 1. The Morgan fingerprint density at radius 3 is 2.33 bits per heavy atom. The first-order chi connectivity index (χ1) is 17.7. The minimum absolute atomic E-state index is 0.0821. The molecule has 2 heterocycles. The van der Waals surface area contributed by atoms with E-state index in [1.807, 2.05) is 24.3 Å². The van der Waals surface area contributed by atoms with Crippen LogP contribution in [0, 0.1) is 0 Å². The van der Waals surface area contributed by atoms with E-state index in [1.54, 1.807) is 6.07 Å². The van der Waals surface area contributed by atoms with Crippen LogP contribution in [0.5, 0.6) is 0 Å². The fourth-order valence-electron chi connectivity index (χ4n) is 4.70. The van der Waals surface area contributed by atoms with E-state index in [0.717, 1.165) is 38.3 Å². The molecule has 1 N–H and O–H groups in total. The number of hydrogen-bond acceptors (Lipinski definition) is 5. The molecule has 0 aliphatic carbocycles. The van der Waals surface area contributed by atoms with E-state index in [4.69, 9.17) is 0 Å². The highest BCUT2D eigenvalue weighted by molar-refractivity contribution is 5.77. The van der Waals surface area contributed by atoms with Crippen molar-refractivity contribution < 1.29 is 4.79 Å². The number of hydrogen-bond donors (Lipinski definition) is 1. The molecule has 1 saturated heterocycles. The zero-order valence-corrected chi connectivity index (χ0v) is 20.3. The van der Waals surface area contributed by atoms with Gasteiger partial charge in [0, 0.05) is 57.9 Å². The molecule has 1 fully saturated rings. The minimum atomic E-state index is -0.119. The second-order valence-electron chi connectivity index (χ2n) is 9.15. The summed E-state index contributed by atoms with van der Waals surface area (Å²) in [5.74, 6) is -0.0821. The van der Waals surface area contributed by atoms with Crippen LogP contribution in [0.2, 0.25) is 0 Å². The van der Waals surface area contributed by atoms with E-state index in [2.05, 4.69) is 68.6 Å². The molecule has 7 nitrogen and oxygen atoms in total. The topological polar surface area (TPSA) is 70.5 Å². The predicted molar refractivity (Wildman–Crippen MR) is 143 cm³/mol. The monoisotopic (exact) mass is 481 g/mol. The van der Waals surface area contributed by atoms with Crippen molar-refractivity contribution in [3.05, 3.63) is 107 Å². The summed E-state index contributed by atoms with van der Waals surface area (Å²) >= 11 is 0. The summed E-state index contributed by atoms with van der Waals surface area (Å²) < 4.78 is 1.50. The number of piperazine rings is 1. The van der Waals surface area contributed by atoms with Crippen LogP contribution >= 0.6 is 0 Å². The smallest absolute Gasteiger partial charge is 0.261 e. The van der Waals surface area contributed by atoms with Crippen LogP contribution in [0.1, 0.15) is 17.5 Å². The van der Waals surface area contributed by atoms with Crippen molar-refractivity contribution in [3.63, 3.8) is 0 Å². The van der Waals surface area contributed by atoms with Gasteiger partial charge in [-0.1, -0.05) is 54.6 Å². The number of anilines is 1. The highest BCUT2D eigenvalue weighted by Crippen LogP contribution is 2.18. The van der Waals surface area contributed by atoms with Crippen molar-refractivity contribution in [2.24, 2.45) is 0 Å². The summed E-state index contributed by atoms with van der Waals surface area (Å²) in [5.41, 5.74) is 4.19. The summed E-state index contributed by atoms with van der Waals surface area (Å²) in [6, 6.07) is 26.1. The van der Waals surface area contributed by atoms with Crippen molar-refractivity contribution in [3.8, 4) is 0 Å². The molecule has 0 unspecified atom stereocenters. The van der Waals surface area contributed by atoms with Crippen LogP contribution in [-0.4, -0.2) is 46.5 Å². The molecular weight excluding hydrogens is 450 g/mol. The van der Waals surface area contributed by atoms with Crippen molar-refractivity contribution in [2.45, 2.75) is 26.1 Å². The van der Waals surface area contributed by atoms with Crippen molar-refractivity contribution in [2.75, 3.05) is 31.1 Å². The number of rotatable bonds is 8. The molecular formula is C29H31N5O2. The molecule has 0 radical (unpaired) electrons. The van der Waals surface area contributed by atoms with Gasteiger partial charge < -0.3 is 10.2 Å². The van der Waals surface area contributed by atoms with Gasteiger partial charge in [-0.2, -0.15) is 0 Å². The molecule has 0 bridgehead atoms. The molecule has 7 heteroatoms. The van der Waals surface area contributed by atoms with Crippen molar-refractivity contribution in [1.82, 2.24) is 19.8 Å². The molecule has 1 amide bonds. The quantitative estimate of drug-likeness (QED) is 0.418. The molecule has 5 rings (SSSR count). The molecule has 0 saturated carbocycles. The van der Waals surface area contributed by atoms with E-state index in [1.165, 1.54) is 22.1 Å². The van der Waals surface area contributed by atoms with Gasteiger partial charge in [0.15, 0.2) is 0 Å². The predicted octanol–water partition coefficient (Wildman–Crippen LogP) is 3.43. The summed E-state index contributed by atoms with van der Waals surface area (Å²) in [4.78, 5) is 34.4. The van der Waals surface area contributed by atoms with Crippen LogP contribution in [0.15, 0.2) is 90.0 Å². The van der Waals surface area contributed by atoms with Gasteiger partial charge in [0.2, 0.25) is 5.91 Å². The van der Waals surface area contributed by atoms with E-state index in [0.29, 0.717) is 24.0 Å². The second-order valence-corrected chi connectivity index (χ2v) is 9.15. The Bertz CT molecular complexity index is 1380. The number of benzene rings is 3. The van der Waals surface area contributed by atoms with E-state index < -0.39 is 0 Å².